The summed E-state index contributed by atoms with van der Waals surface area (Å²) in [6, 6.07) is -0.0697. The van der Waals surface area contributed by atoms with Crippen molar-refractivity contribution in [3.8, 4) is 0 Å². The minimum absolute atomic E-state index is 0.0697. The molecule has 140 valence electrons. The van der Waals surface area contributed by atoms with Crippen molar-refractivity contribution in [3.63, 3.8) is 0 Å². The number of carbonyl (C=O) groups is 1. The van der Waals surface area contributed by atoms with Crippen LogP contribution in [0.25, 0.3) is 10.2 Å². The Balaban J connectivity index is 1.86. The SMILES string of the molecule is CCn1c(=O)c2c(C)c(CN3CCNC3=O)sc2n(CC2CCC2)c1=O. The molecular formula is C18H24N4O3S. The predicted octanol–water partition coefficient (Wildman–Crippen LogP) is 1.88. The zero-order chi connectivity index (χ0) is 18.4. The molecule has 2 fully saturated rings. The molecule has 2 aliphatic rings. The van der Waals surface area contributed by atoms with E-state index in [0.717, 1.165) is 28.1 Å². The van der Waals surface area contributed by atoms with Gasteiger partial charge in [0.25, 0.3) is 5.56 Å². The Morgan fingerprint density at radius 1 is 1.19 bits per heavy atom. The maximum absolute atomic E-state index is 12.9. The van der Waals surface area contributed by atoms with Crippen molar-refractivity contribution in [2.24, 2.45) is 5.92 Å². The maximum Gasteiger partial charge on any atom is 0.332 e. The van der Waals surface area contributed by atoms with E-state index in [9.17, 15) is 14.4 Å². The average molecular weight is 376 g/mol. The molecule has 2 aromatic rings. The van der Waals surface area contributed by atoms with Crippen LogP contribution < -0.4 is 16.6 Å². The normalized spacial score (nSPS) is 17.8. The maximum atomic E-state index is 12.9. The molecule has 1 N–H and O–H groups in total. The summed E-state index contributed by atoms with van der Waals surface area (Å²) in [6.07, 6.45) is 3.50. The summed E-state index contributed by atoms with van der Waals surface area (Å²) in [4.78, 5) is 41.2. The first kappa shape index (κ1) is 17.3. The molecule has 0 aromatic carbocycles. The molecule has 8 heteroatoms. The Labute approximate surface area is 155 Å². The van der Waals surface area contributed by atoms with Gasteiger partial charge in [0.2, 0.25) is 0 Å². The average Bonchev–Trinajstić information content (AvgIpc) is 3.11. The Morgan fingerprint density at radius 3 is 2.54 bits per heavy atom. The highest BCUT2D eigenvalue weighted by atomic mass is 32.1. The smallest absolute Gasteiger partial charge is 0.332 e. The molecule has 1 saturated heterocycles. The lowest BCUT2D eigenvalue weighted by Crippen LogP contribution is -2.40. The lowest BCUT2D eigenvalue weighted by atomic mass is 9.85. The van der Waals surface area contributed by atoms with E-state index in [2.05, 4.69) is 5.32 Å². The van der Waals surface area contributed by atoms with Crippen LogP contribution in [0, 0.1) is 12.8 Å². The Morgan fingerprint density at radius 2 is 1.96 bits per heavy atom. The van der Waals surface area contributed by atoms with Gasteiger partial charge in [-0.1, -0.05) is 6.42 Å². The molecule has 1 saturated carbocycles. The summed E-state index contributed by atoms with van der Waals surface area (Å²) >= 11 is 1.49. The third-order valence-corrected chi connectivity index (χ3v) is 6.95. The molecule has 1 aliphatic heterocycles. The number of aromatic nitrogens is 2. The van der Waals surface area contributed by atoms with E-state index < -0.39 is 0 Å². The van der Waals surface area contributed by atoms with Crippen LogP contribution >= 0.6 is 11.3 Å². The van der Waals surface area contributed by atoms with Gasteiger partial charge in [-0.15, -0.1) is 11.3 Å². The van der Waals surface area contributed by atoms with Gasteiger partial charge in [-0.25, -0.2) is 9.59 Å². The number of amides is 2. The number of fused-ring (bicyclic) bond motifs is 1. The fraction of sp³-hybridized carbons (Fsp3) is 0.611. The largest absolute Gasteiger partial charge is 0.336 e. The molecule has 0 bridgehead atoms. The number of carbonyl (C=O) groups excluding carboxylic acids is 1. The molecule has 1 aliphatic carbocycles. The highest BCUT2D eigenvalue weighted by Gasteiger charge is 2.26. The highest BCUT2D eigenvalue weighted by Crippen LogP contribution is 2.32. The monoisotopic (exact) mass is 376 g/mol. The third kappa shape index (κ3) is 2.67. The number of thiophene rings is 1. The van der Waals surface area contributed by atoms with E-state index in [1.807, 2.05) is 13.8 Å². The van der Waals surface area contributed by atoms with Crippen LogP contribution in [-0.4, -0.2) is 33.2 Å². The van der Waals surface area contributed by atoms with Crippen molar-refractivity contribution < 1.29 is 4.79 Å². The zero-order valence-corrected chi connectivity index (χ0v) is 16.0. The molecular weight excluding hydrogens is 352 g/mol. The summed E-state index contributed by atoms with van der Waals surface area (Å²) in [6.45, 7) is 6.62. The number of aryl methyl sites for hydroxylation is 1. The van der Waals surface area contributed by atoms with Crippen LogP contribution in [-0.2, 0) is 19.6 Å². The van der Waals surface area contributed by atoms with Gasteiger partial charge in [-0.2, -0.15) is 0 Å². The van der Waals surface area contributed by atoms with Crippen LogP contribution in [0.15, 0.2) is 9.59 Å². The van der Waals surface area contributed by atoms with Gasteiger partial charge in [-0.3, -0.25) is 13.9 Å². The van der Waals surface area contributed by atoms with Crippen molar-refractivity contribution in [3.05, 3.63) is 31.3 Å². The predicted molar refractivity (Wildman–Crippen MR) is 102 cm³/mol. The van der Waals surface area contributed by atoms with Gasteiger partial charge in [0.1, 0.15) is 4.83 Å². The first-order valence-electron chi connectivity index (χ1n) is 9.29. The van der Waals surface area contributed by atoms with Gasteiger partial charge in [0.15, 0.2) is 0 Å². The lowest BCUT2D eigenvalue weighted by molar-refractivity contribution is 0.216. The van der Waals surface area contributed by atoms with E-state index in [4.69, 9.17) is 0 Å². The van der Waals surface area contributed by atoms with Crippen molar-refractivity contribution >= 4 is 27.6 Å². The molecule has 2 amide bonds. The van der Waals surface area contributed by atoms with Crippen molar-refractivity contribution in [2.75, 3.05) is 13.1 Å². The molecule has 3 heterocycles. The fourth-order valence-corrected chi connectivity index (χ4v) is 5.11. The highest BCUT2D eigenvalue weighted by molar-refractivity contribution is 7.18. The van der Waals surface area contributed by atoms with Crippen LogP contribution in [0.2, 0.25) is 0 Å². The van der Waals surface area contributed by atoms with Gasteiger partial charge in [0.05, 0.1) is 11.9 Å². The number of nitrogens with one attached hydrogen (secondary N) is 1. The van der Waals surface area contributed by atoms with Gasteiger partial charge in [0, 0.05) is 31.1 Å². The molecule has 4 rings (SSSR count). The Kier molecular flexibility index (Phi) is 4.38. The van der Waals surface area contributed by atoms with Crippen molar-refractivity contribution in [1.29, 1.82) is 0 Å². The van der Waals surface area contributed by atoms with Gasteiger partial charge in [-0.05, 0) is 38.2 Å². The minimum Gasteiger partial charge on any atom is -0.336 e. The van der Waals surface area contributed by atoms with E-state index in [-0.39, 0.29) is 17.3 Å². The van der Waals surface area contributed by atoms with E-state index >= 15 is 0 Å². The number of hydrogen-bond donors (Lipinski definition) is 1. The second kappa shape index (κ2) is 6.57. The second-order valence-electron chi connectivity index (χ2n) is 7.22. The first-order chi connectivity index (χ1) is 12.5. The zero-order valence-electron chi connectivity index (χ0n) is 15.2. The molecule has 7 nitrogen and oxygen atoms in total. The minimum atomic E-state index is -0.205. The van der Waals surface area contributed by atoms with Gasteiger partial charge >= 0.3 is 11.7 Å². The first-order valence-corrected chi connectivity index (χ1v) is 10.1. The van der Waals surface area contributed by atoms with Crippen LogP contribution in [0.1, 0.15) is 36.6 Å². The fourth-order valence-electron chi connectivity index (χ4n) is 3.80. The van der Waals surface area contributed by atoms with Crippen LogP contribution in [0.4, 0.5) is 4.79 Å². The van der Waals surface area contributed by atoms with Crippen LogP contribution in [0.5, 0.6) is 0 Å². The van der Waals surface area contributed by atoms with Crippen molar-refractivity contribution in [1.82, 2.24) is 19.4 Å². The summed E-state index contributed by atoms with van der Waals surface area (Å²) in [5, 5.41) is 3.45. The molecule has 0 spiro atoms. The molecule has 0 radical (unpaired) electrons. The summed E-state index contributed by atoms with van der Waals surface area (Å²) in [5.74, 6) is 0.522. The van der Waals surface area contributed by atoms with Crippen LogP contribution in [0.3, 0.4) is 0 Å². The number of nitrogens with zero attached hydrogens (tertiary/aromatic N) is 3. The molecule has 0 unspecified atom stereocenters. The molecule has 26 heavy (non-hydrogen) atoms. The summed E-state index contributed by atoms with van der Waals surface area (Å²) in [7, 11) is 0. The van der Waals surface area contributed by atoms with E-state index in [1.165, 1.54) is 22.3 Å². The standard InChI is InChI=1S/C18H24N4O3S/c1-3-21-15(23)14-11(2)13(10-20-8-7-19-17(20)24)26-16(14)22(18(21)25)9-12-5-4-6-12/h12H,3-10H2,1-2H3,(H,19,24). The Bertz CT molecular complexity index is 983. The van der Waals surface area contributed by atoms with E-state index in [1.54, 1.807) is 9.47 Å². The quantitative estimate of drug-likeness (QED) is 0.866. The second-order valence-corrected chi connectivity index (χ2v) is 8.31. The van der Waals surface area contributed by atoms with Gasteiger partial charge < -0.3 is 10.2 Å². The molecule has 0 atom stereocenters. The summed E-state index contributed by atoms with van der Waals surface area (Å²) in [5.41, 5.74) is 0.492. The van der Waals surface area contributed by atoms with Crippen molar-refractivity contribution in [2.45, 2.75) is 52.7 Å². The Hall–Kier alpha value is -2.09. The summed E-state index contributed by atoms with van der Waals surface area (Å²) < 4.78 is 3.14. The van der Waals surface area contributed by atoms with E-state index in [0.29, 0.717) is 44.0 Å². The topological polar surface area (TPSA) is 76.3 Å². The number of urea groups is 1. The molecule has 2 aromatic heterocycles. The third-order valence-electron chi connectivity index (χ3n) is 5.65. The number of rotatable bonds is 5. The number of hydrogen-bond acceptors (Lipinski definition) is 4. The lowest BCUT2D eigenvalue weighted by Gasteiger charge is -2.26.